The largest absolute Gasteiger partial charge is 0.339 e. The van der Waals surface area contributed by atoms with Crippen molar-refractivity contribution in [3.63, 3.8) is 0 Å². The molecule has 1 aliphatic heterocycles. The number of nitrogens with zero attached hydrogens (tertiary/aromatic N) is 2. The molecule has 0 aliphatic carbocycles. The van der Waals surface area contributed by atoms with Gasteiger partial charge >= 0.3 is 0 Å². The molecule has 2 amide bonds. The van der Waals surface area contributed by atoms with E-state index in [1.54, 1.807) is 6.20 Å². The smallest absolute Gasteiger partial charge is 0.253 e. The van der Waals surface area contributed by atoms with Crippen LogP contribution in [-0.2, 0) is 4.79 Å². The van der Waals surface area contributed by atoms with E-state index in [-0.39, 0.29) is 17.7 Å². The molecule has 6 heteroatoms. The van der Waals surface area contributed by atoms with Gasteiger partial charge in [0.25, 0.3) is 5.91 Å². The Morgan fingerprint density at radius 3 is 2.62 bits per heavy atom. The van der Waals surface area contributed by atoms with E-state index in [4.69, 9.17) is 0 Å². The summed E-state index contributed by atoms with van der Waals surface area (Å²) in [5.74, 6) is -0.0237. The van der Waals surface area contributed by atoms with Crippen molar-refractivity contribution >= 4 is 28.4 Å². The maximum absolute atomic E-state index is 12.6. The molecule has 6 nitrogen and oxygen atoms in total. The predicted octanol–water partition coefficient (Wildman–Crippen LogP) is 3.05. The standard InChI is InChI=1S/C20H20N4O2/c25-19(22-17-6-7-18-16(12-17)13-21-23-18)14-8-10-24(11-9-14)20(26)15-4-2-1-3-5-15/h1-7,12-14H,8-11H2,(H,21,23)(H,22,25). The van der Waals surface area contributed by atoms with E-state index in [9.17, 15) is 9.59 Å². The molecular weight excluding hydrogens is 328 g/mol. The molecule has 1 aromatic heterocycles. The number of amides is 2. The van der Waals surface area contributed by atoms with E-state index < -0.39 is 0 Å². The van der Waals surface area contributed by atoms with Crippen LogP contribution in [0.1, 0.15) is 23.2 Å². The highest BCUT2D eigenvalue weighted by Gasteiger charge is 2.27. The van der Waals surface area contributed by atoms with Gasteiger partial charge in [0.2, 0.25) is 5.91 Å². The lowest BCUT2D eigenvalue weighted by Crippen LogP contribution is -2.41. The summed E-state index contributed by atoms with van der Waals surface area (Å²) in [7, 11) is 0. The van der Waals surface area contributed by atoms with Crippen molar-refractivity contribution in [1.82, 2.24) is 15.1 Å². The summed E-state index contributed by atoms with van der Waals surface area (Å²) in [6.07, 6.45) is 3.09. The first-order valence-electron chi connectivity index (χ1n) is 8.79. The van der Waals surface area contributed by atoms with Crippen LogP contribution in [0.2, 0.25) is 0 Å². The monoisotopic (exact) mass is 348 g/mol. The van der Waals surface area contributed by atoms with Gasteiger partial charge in [0.05, 0.1) is 11.7 Å². The highest BCUT2D eigenvalue weighted by Crippen LogP contribution is 2.22. The van der Waals surface area contributed by atoms with Crippen molar-refractivity contribution in [3.05, 3.63) is 60.3 Å². The van der Waals surface area contributed by atoms with Gasteiger partial charge in [-0.1, -0.05) is 18.2 Å². The van der Waals surface area contributed by atoms with Crippen LogP contribution in [0, 0.1) is 5.92 Å². The number of carbonyl (C=O) groups excluding carboxylic acids is 2. The summed E-state index contributed by atoms with van der Waals surface area (Å²) in [6.45, 7) is 1.21. The van der Waals surface area contributed by atoms with Crippen molar-refractivity contribution in [3.8, 4) is 0 Å². The number of H-pyrrole nitrogens is 1. The summed E-state index contributed by atoms with van der Waals surface area (Å²) < 4.78 is 0. The van der Waals surface area contributed by atoms with E-state index in [1.165, 1.54) is 0 Å². The number of likely N-dealkylation sites (tertiary alicyclic amines) is 1. The fourth-order valence-electron chi connectivity index (χ4n) is 3.37. The quantitative estimate of drug-likeness (QED) is 0.764. The van der Waals surface area contributed by atoms with Crippen LogP contribution >= 0.6 is 0 Å². The molecule has 132 valence electrons. The summed E-state index contributed by atoms with van der Waals surface area (Å²) in [4.78, 5) is 26.9. The topological polar surface area (TPSA) is 78.1 Å². The van der Waals surface area contributed by atoms with Crippen molar-refractivity contribution in [2.45, 2.75) is 12.8 Å². The van der Waals surface area contributed by atoms with Crippen LogP contribution < -0.4 is 5.32 Å². The average molecular weight is 348 g/mol. The molecule has 2 heterocycles. The van der Waals surface area contributed by atoms with Crippen LogP contribution in [-0.4, -0.2) is 40.0 Å². The Bertz CT molecular complexity index is 927. The molecular formula is C20H20N4O2. The second-order valence-electron chi connectivity index (χ2n) is 6.59. The van der Waals surface area contributed by atoms with Crippen LogP contribution in [0.15, 0.2) is 54.7 Å². The second-order valence-corrected chi connectivity index (χ2v) is 6.59. The number of carbonyl (C=O) groups is 2. The number of piperidine rings is 1. The number of hydrogen-bond donors (Lipinski definition) is 2. The minimum Gasteiger partial charge on any atom is -0.339 e. The fraction of sp³-hybridized carbons (Fsp3) is 0.250. The molecule has 0 atom stereocenters. The van der Waals surface area contributed by atoms with Gasteiger partial charge in [-0.05, 0) is 43.2 Å². The molecule has 26 heavy (non-hydrogen) atoms. The van der Waals surface area contributed by atoms with E-state index >= 15 is 0 Å². The molecule has 1 fully saturated rings. The SMILES string of the molecule is O=C(Nc1ccc2[nH]ncc2c1)C1CCN(C(=O)c2ccccc2)CC1. The number of rotatable bonds is 3. The molecule has 0 bridgehead atoms. The maximum atomic E-state index is 12.6. The summed E-state index contributed by atoms with van der Waals surface area (Å²) in [5.41, 5.74) is 2.41. The third-order valence-corrected chi connectivity index (χ3v) is 4.88. The first-order chi connectivity index (χ1) is 12.7. The molecule has 0 unspecified atom stereocenters. The lowest BCUT2D eigenvalue weighted by atomic mass is 9.95. The summed E-state index contributed by atoms with van der Waals surface area (Å²) in [5, 5.41) is 10.8. The molecule has 2 aromatic carbocycles. The third-order valence-electron chi connectivity index (χ3n) is 4.88. The van der Waals surface area contributed by atoms with E-state index in [2.05, 4.69) is 15.5 Å². The predicted molar refractivity (Wildman–Crippen MR) is 99.8 cm³/mol. The number of aromatic nitrogens is 2. The Hall–Kier alpha value is -3.15. The number of anilines is 1. The number of hydrogen-bond acceptors (Lipinski definition) is 3. The molecule has 0 saturated carbocycles. The molecule has 0 spiro atoms. The Morgan fingerprint density at radius 1 is 1.08 bits per heavy atom. The summed E-state index contributed by atoms with van der Waals surface area (Å²) in [6, 6.07) is 15.0. The molecule has 1 saturated heterocycles. The summed E-state index contributed by atoms with van der Waals surface area (Å²) >= 11 is 0. The van der Waals surface area contributed by atoms with Crippen LogP contribution in [0.3, 0.4) is 0 Å². The zero-order chi connectivity index (χ0) is 17.9. The highest BCUT2D eigenvalue weighted by atomic mass is 16.2. The normalized spacial score (nSPS) is 15.2. The first kappa shape index (κ1) is 16.3. The number of nitrogens with one attached hydrogen (secondary N) is 2. The highest BCUT2D eigenvalue weighted by molar-refractivity contribution is 5.96. The second kappa shape index (κ2) is 7.00. The third kappa shape index (κ3) is 3.31. The van der Waals surface area contributed by atoms with E-state index in [0.717, 1.165) is 16.6 Å². The maximum Gasteiger partial charge on any atom is 0.253 e. The molecule has 3 aromatic rings. The lowest BCUT2D eigenvalue weighted by Gasteiger charge is -2.31. The molecule has 2 N–H and O–H groups in total. The van der Waals surface area contributed by atoms with Crippen molar-refractivity contribution < 1.29 is 9.59 Å². The van der Waals surface area contributed by atoms with Gasteiger partial charge in [0, 0.05) is 35.6 Å². The zero-order valence-electron chi connectivity index (χ0n) is 14.3. The van der Waals surface area contributed by atoms with Crippen molar-refractivity contribution in [1.29, 1.82) is 0 Å². The number of aromatic amines is 1. The molecule has 0 radical (unpaired) electrons. The van der Waals surface area contributed by atoms with Crippen molar-refractivity contribution in [2.24, 2.45) is 5.92 Å². The van der Waals surface area contributed by atoms with Crippen LogP contribution in [0.4, 0.5) is 5.69 Å². The molecule has 1 aliphatic rings. The lowest BCUT2D eigenvalue weighted by molar-refractivity contribution is -0.121. The van der Waals surface area contributed by atoms with E-state index in [1.807, 2.05) is 53.4 Å². The van der Waals surface area contributed by atoms with Crippen LogP contribution in [0.5, 0.6) is 0 Å². The first-order valence-corrected chi connectivity index (χ1v) is 8.79. The minimum absolute atomic E-state index is 0.0136. The average Bonchev–Trinajstić information content (AvgIpc) is 3.16. The Labute approximate surface area is 151 Å². The molecule has 4 rings (SSSR count). The Kier molecular flexibility index (Phi) is 4.39. The van der Waals surface area contributed by atoms with Gasteiger partial charge in [-0.3, -0.25) is 14.7 Å². The van der Waals surface area contributed by atoms with Crippen LogP contribution in [0.25, 0.3) is 10.9 Å². The van der Waals surface area contributed by atoms with Crippen molar-refractivity contribution in [2.75, 3.05) is 18.4 Å². The number of fused-ring (bicyclic) bond motifs is 1. The minimum atomic E-state index is -0.0742. The van der Waals surface area contributed by atoms with Gasteiger partial charge in [-0.2, -0.15) is 5.10 Å². The van der Waals surface area contributed by atoms with Gasteiger partial charge in [-0.15, -0.1) is 0 Å². The van der Waals surface area contributed by atoms with Gasteiger partial charge < -0.3 is 10.2 Å². The Morgan fingerprint density at radius 2 is 1.85 bits per heavy atom. The zero-order valence-corrected chi connectivity index (χ0v) is 14.3. The van der Waals surface area contributed by atoms with Gasteiger partial charge in [0.15, 0.2) is 0 Å². The Balaban J connectivity index is 1.35. The van der Waals surface area contributed by atoms with E-state index in [0.29, 0.717) is 31.5 Å². The van der Waals surface area contributed by atoms with Gasteiger partial charge in [-0.25, -0.2) is 0 Å². The number of benzene rings is 2. The van der Waals surface area contributed by atoms with Gasteiger partial charge in [0.1, 0.15) is 0 Å². The fourth-order valence-corrected chi connectivity index (χ4v) is 3.37.